The fourth-order valence-electron chi connectivity index (χ4n) is 4.66. The fourth-order valence-corrected chi connectivity index (χ4v) is 5.05. The van der Waals surface area contributed by atoms with Gasteiger partial charge in [0, 0.05) is 24.0 Å². The van der Waals surface area contributed by atoms with Gasteiger partial charge < -0.3 is 14.9 Å². The van der Waals surface area contributed by atoms with Crippen molar-refractivity contribution in [2.24, 2.45) is 0 Å². The van der Waals surface area contributed by atoms with Crippen molar-refractivity contribution < 1.29 is 24.1 Å². The Balaban J connectivity index is 1.58. The minimum absolute atomic E-state index is 0.0103. The predicted molar refractivity (Wildman–Crippen MR) is 132 cm³/mol. The zero-order valence-corrected chi connectivity index (χ0v) is 20.9. The molecule has 0 saturated carbocycles. The van der Waals surface area contributed by atoms with Crippen LogP contribution in [0.15, 0.2) is 36.4 Å². The number of carboxylic acid groups (broad SMARTS) is 1. The molecule has 2 aromatic carbocycles. The molecule has 1 aliphatic rings. The summed E-state index contributed by atoms with van der Waals surface area (Å²) in [6.07, 6.45) is 2.74. The summed E-state index contributed by atoms with van der Waals surface area (Å²) in [5.74, 6) is -1.29. The van der Waals surface area contributed by atoms with Crippen molar-refractivity contribution >= 4 is 29.2 Å². The summed E-state index contributed by atoms with van der Waals surface area (Å²) in [7, 11) is 0. The van der Waals surface area contributed by atoms with Crippen LogP contribution in [0.5, 0.6) is 0 Å². The number of nitrogens with zero attached hydrogens (tertiary/aromatic N) is 1. The van der Waals surface area contributed by atoms with Gasteiger partial charge in [-0.05, 0) is 73.5 Å². The molecule has 0 radical (unpaired) electrons. The van der Waals surface area contributed by atoms with Crippen LogP contribution in [0, 0.1) is 5.82 Å². The van der Waals surface area contributed by atoms with E-state index in [4.69, 9.17) is 33.0 Å². The number of aliphatic hydroxyl groups is 1. The Kier molecular flexibility index (Phi) is 10.2. The summed E-state index contributed by atoms with van der Waals surface area (Å²) < 4.78 is 19.9. The van der Waals surface area contributed by atoms with Gasteiger partial charge in [-0.3, -0.25) is 9.69 Å². The topological polar surface area (TPSA) is 70.0 Å². The van der Waals surface area contributed by atoms with Gasteiger partial charge in [0.25, 0.3) is 0 Å². The fraction of sp³-hybridized carbons (Fsp3) is 0.500. The van der Waals surface area contributed by atoms with Gasteiger partial charge in [-0.2, -0.15) is 0 Å². The first-order valence-electron chi connectivity index (χ1n) is 11.7. The van der Waals surface area contributed by atoms with Crippen LogP contribution in [0.25, 0.3) is 0 Å². The summed E-state index contributed by atoms with van der Waals surface area (Å²) in [5, 5.41) is 20.4. The van der Waals surface area contributed by atoms with Crippen LogP contribution < -0.4 is 0 Å². The van der Waals surface area contributed by atoms with Crippen molar-refractivity contribution in [2.45, 2.75) is 63.7 Å². The summed E-state index contributed by atoms with van der Waals surface area (Å²) >= 11 is 12.2. The molecule has 1 heterocycles. The number of ether oxygens (including phenoxy) is 1. The second kappa shape index (κ2) is 12.8. The number of aliphatic carboxylic acids is 1. The van der Waals surface area contributed by atoms with Crippen molar-refractivity contribution in [1.29, 1.82) is 0 Å². The molecule has 0 spiro atoms. The highest BCUT2D eigenvalue weighted by Crippen LogP contribution is 2.31. The number of rotatable bonds is 12. The Hall–Kier alpha value is -1.70. The number of hydrogen-bond acceptors (Lipinski definition) is 4. The normalized spacial score (nSPS) is 18.2. The first-order valence-corrected chi connectivity index (χ1v) is 12.5. The number of β-amino-alcohol motifs (C(OH)–C–C–N with tert-alkyl or cyclic N) is 1. The van der Waals surface area contributed by atoms with E-state index in [0.717, 1.165) is 36.1 Å². The zero-order valence-electron chi connectivity index (χ0n) is 19.4. The molecule has 0 amide bonds. The largest absolute Gasteiger partial charge is 0.481 e. The Morgan fingerprint density at radius 3 is 2.76 bits per heavy atom. The lowest BCUT2D eigenvalue weighted by molar-refractivity contribution is -0.136. The van der Waals surface area contributed by atoms with Gasteiger partial charge in [0.2, 0.25) is 0 Å². The molecule has 0 aliphatic carbocycles. The van der Waals surface area contributed by atoms with Crippen LogP contribution in [0.1, 0.15) is 55.4 Å². The van der Waals surface area contributed by atoms with Crippen LogP contribution in [0.3, 0.4) is 0 Å². The zero-order chi connectivity index (χ0) is 24.7. The monoisotopic (exact) mass is 511 g/mol. The number of carbonyl (C=O) groups is 1. The molecule has 2 aromatic rings. The van der Waals surface area contributed by atoms with E-state index in [0.29, 0.717) is 30.8 Å². The number of carboxylic acids is 1. The maximum Gasteiger partial charge on any atom is 0.303 e. The Labute approximate surface area is 210 Å². The van der Waals surface area contributed by atoms with Gasteiger partial charge in [-0.25, -0.2) is 4.39 Å². The lowest BCUT2D eigenvalue weighted by Crippen LogP contribution is -2.39. The smallest absolute Gasteiger partial charge is 0.303 e. The average Bonchev–Trinajstić information content (AvgIpc) is 3.22. The van der Waals surface area contributed by atoms with Gasteiger partial charge >= 0.3 is 5.97 Å². The Morgan fingerprint density at radius 1 is 1.26 bits per heavy atom. The number of likely N-dealkylation sites (tertiary alicyclic amines) is 1. The summed E-state index contributed by atoms with van der Waals surface area (Å²) in [4.78, 5) is 13.3. The molecule has 0 unspecified atom stereocenters. The third kappa shape index (κ3) is 7.40. The summed E-state index contributed by atoms with van der Waals surface area (Å²) in [6, 6.07) is 10.6. The van der Waals surface area contributed by atoms with E-state index in [9.17, 15) is 14.3 Å². The number of benzene rings is 2. The Morgan fingerprint density at radius 2 is 2.06 bits per heavy atom. The standard InChI is InChI=1S/C26H32Cl2FNO4/c1-2-25(21-6-3-7-22(27)20(21)9-11-26(32)33)34-16-19(31)15-30-12-4-5-18(30)13-17-8-10-23(28)24(29)14-17/h3,6-8,10,14,18-19,25,31H,2,4-5,9,11-13,15-16H2,1H3,(H,32,33)/t18-,19+,25+/m0/s1. The lowest BCUT2D eigenvalue weighted by atomic mass is 9.97. The Bertz CT molecular complexity index is 974. The van der Waals surface area contributed by atoms with E-state index >= 15 is 0 Å². The molecule has 1 aliphatic heterocycles. The van der Waals surface area contributed by atoms with Crippen LogP contribution >= 0.6 is 23.2 Å². The van der Waals surface area contributed by atoms with Gasteiger partial charge in [0.1, 0.15) is 5.82 Å². The molecule has 186 valence electrons. The minimum Gasteiger partial charge on any atom is -0.481 e. The van der Waals surface area contributed by atoms with Crippen molar-refractivity contribution in [3.05, 3.63) is 69.0 Å². The highest BCUT2D eigenvalue weighted by atomic mass is 35.5. The van der Waals surface area contributed by atoms with Crippen molar-refractivity contribution in [2.75, 3.05) is 19.7 Å². The van der Waals surface area contributed by atoms with Crippen molar-refractivity contribution in [1.82, 2.24) is 4.90 Å². The van der Waals surface area contributed by atoms with Crippen molar-refractivity contribution in [3.63, 3.8) is 0 Å². The summed E-state index contributed by atoms with van der Waals surface area (Å²) in [6.45, 7) is 3.49. The maximum atomic E-state index is 13.8. The third-order valence-corrected chi connectivity index (χ3v) is 7.01. The molecular formula is C26H32Cl2FNO4. The SMILES string of the molecule is CC[C@@H](OC[C@H](O)CN1CCC[C@H]1Cc1ccc(Cl)c(F)c1)c1cccc(Cl)c1CCC(=O)O. The van der Waals surface area contributed by atoms with E-state index in [-0.39, 0.29) is 30.2 Å². The second-order valence-electron chi connectivity index (χ2n) is 8.83. The molecule has 0 bridgehead atoms. The van der Waals surface area contributed by atoms with Crippen LogP contribution in [0.4, 0.5) is 4.39 Å². The molecule has 5 nitrogen and oxygen atoms in total. The number of hydrogen-bond donors (Lipinski definition) is 2. The molecular weight excluding hydrogens is 480 g/mol. The predicted octanol–water partition coefficient (Wildman–Crippen LogP) is 5.69. The minimum atomic E-state index is -0.878. The average molecular weight is 512 g/mol. The van der Waals surface area contributed by atoms with E-state index in [2.05, 4.69) is 4.90 Å². The van der Waals surface area contributed by atoms with E-state index in [1.54, 1.807) is 12.1 Å². The highest BCUT2D eigenvalue weighted by Gasteiger charge is 2.27. The first-order chi connectivity index (χ1) is 16.3. The molecule has 2 N–H and O–H groups in total. The van der Waals surface area contributed by atoms with E-state index in [1.165, 1.54) is 6.07 Å². The highest BCUT2D eigenvalue weighted by molar-refractivity contribution is 6.31. The quantitative estimate of drug-likeness (QED) is 0.383. The molecule has 34 heavy (non-hydrogen) atoms. The van der Waals surface area contributed by atoms with Gasteiger partial charge in [-0.1, -0.05) is 48.3 Å². The van der Waals surface area contributed by atoms with Gasteiger partial charge in [0.15, 0.2) is 0 Å². The van der Waals surface area contributed by atoms with E-state index < -0.39 is 17.9 Å². The second-order valence-corrected chi connectivity index (χ2v) is 9.64. The third-order valence-electron chi connectivity index (χ3n) is 6.35. The van der Waals surface area contributed by atoms with Crippen LogP contribution in [-0.2, 0) is 22.4 Å². The molecule has 3 atom stereocenters. The number of halogens is 3. The number of aliphatic hydroxyl groups excluding tert-OH is 1. The summed E-state index contributed by atoms with van der Waals surface area (Å²) in [5.41, 5.74) is 2.54. The van der Waals surface area contributed by atoms with Crippen LogP contribution in [-0.4, -0.2) is 52.9 Å². The first kappa shape index (κ1) is 26.9. The molecule has 3 rings (SSSR count). The lowest BCUT2D eigenvalue weighted by Gasteiger charge is -2.28. The molecule has 1 saturated heterocycles. The molecule has 0 aromatic heterocycles. The van der Waals surface area contributed by atoms with Gasteiger partial charge in [-0.15, -0.1) is 0 Å². The van der Waals surface area contributed by atoms with Gasteiger partial charge in [0.05, 0.1) is 23.8 Å². The van der Waals surface area contributed by atoms with Crippen LogP contribution in [0.2, 0.25) is 10.0 Å². The molecule has 8 heteroatoms. The molecule has 1 fully saturated rings. The van der Waals surface area contributed by atoms with E-state index in [1.807, 2.05) is 25.1 Å². The van der Waals surface area contributed by atoms with Crippen molar-refractivity contribution in [3.8, 4) is 0 Å². The maximum absolute atomic E-state index is 13.8.